The Kier molecular flexibility index (Phi) is 5.98. The number of nitrogens with zero attached hydrogens (tertiary/aromatic N) is 2. The molecule has 1 N–H and O–H groups in total. The zero-order valence-electron chi connectivity index (χ0n) is 17.0. The maximum Gasteiger partial charge on any atom is 0.411 e. The highest BCUT2D eigenvalue weighted by atomic mass is 35.5. The number of carbonyl (C=O) groups excluding carboxylic acids is 1. The third-order valence-electron chi connectivity index (χ3n) is 5.34. The molecule has 1 amide bonds. The molecule has 6 nitrogen and oxygen atoms in total. The van der Waals surface area contributed by atoms with Crippen LogP contribution >= 0.6 is 22.9 Å². The number of aromatic nitrogens is 1. The minimum atomic E-state index is -1.27. The van der Waals surface area contributed by atoms with E-state index in [0.717, 1.165) is 33.6 Å². The number of carboxylic acids is 1. The summed E-state index contributed by atoms with van der Waals surface area (Å²) in [4.78, 5) is 30.4. The molecule has 2 aromatic carbocycles. The second kappa shape index (κ2) is 8.69. The molecule has 0 spiro atoms. The molecule has 1 aromatic heterocycles. The smallest absolute Gasteiger partial charge is 0.411 e. The predicted molar refractivity (Wildman–Crippen MR) is 120 cm³/mol. The lowest BCUT2D eigenvalue weighted by Crippen LogP contribution is -2.44. The maximum atomic E-state index is 13.1. The highest BCUT2D eigenvalue weighted by Gasteiger charge is 2.37. The van der Waals surface area contributed by atoms with Crippen LogP contribution in [-0.2, 0) is 9.53 Å². The number of benzene rings is 2. The quantitative estimate of drug-likeness (QED) is 0.523. The van der Waals surface area contributed by atoms with E-state index in [4.69, 9.17) is 16.3 Å². The molecule has 1 heterocycles. The van der Waals surface area contributed by atoms with Gasteiger partial charge in [0.05, 0.1) is 6.20 Å². The van der Waals surface area contributed by atoms with Gasteiger partial charge in [0, 0.05) is 12.0 Å². The number of thiazole rings is 1. The first-order chi connectivity index (χ1) is 14.9. The molecule has 31 heavy (non-hydrogen) atoms. The van der Waals surface area contributed by atoms with Crippen LogP contribution in [0.15, 0.2) is 54.7 Å². The van der Waals surface area contributed by atoms with Crippen LogP contribution in [0, 0.1) is 0 Å². The Morgan fingerprint density at radius 2 is 1.71 bits per heavy atom. The predicted octanol–water partition coefficient (Wildman–Crippen LogP) is 5.58. The molecule has 0 fully saturated rings. The average molecular weight is 457 g/mol. The highest BCUT2D eigenvalue weighted by Crippen LogP contribution is 2.44. The molecule has 1 unspecified atom stereocenters. The van der Waals surface area contributed by atoms with Crippen molar-refractivity contribution in [1.29, 1.82) is 0 Å². The highest BCUT2D eigenvalue weighted by molar-refractivity contribution is 7.16. The van der Waals surface area contributed by atoms with Crippen molar-refractivity contribution in [2.24, 2.45) is 0 Å². The fourth-order valence-electron chi connectivity index (χ4n) is 4.02. The van der Waals surface area contributed by atoms with Crippen molar-refractivity contribution in [3.63, 3.8) is 0 Å². The van der Waals surface area contributed by atoms with Crippen molar-refractivity contribution in [3.8, 4) is 11.1 Å². The summed E-state index contributed by atoms with van der Waals surface area (Å²) in [6.07, 6.45) is 0.684. The summed E-state index contributed by atoms with van der Waals surface area (Å²) in [6, 6.07) is 14.4. The minimum absolute atomic E-state index is 0.108. The van der Waals surface area contributed by atoms with Crippen LogP contribution < -0.4 is 0 Å². The third kappa shape index (κ3) is 4.03. The van der Waals surface area contributed by atoms with Crippen molar-refractivity contribution in [2.45, 2.75) is 31.8 Å². The first kappa shape index (κ1) is 21.3. The summed E-state index contributed by atoms with van der Waals surface area (Å²) in [5, 5.41) is 10.1. The Bertz CT molecular complexity index is 1080. The minimum Gasteiger partial charge on any atom is -0.479 e. The van der Waals surface area contributed by atoms with Gasteiger partial charge in [-0.05, 0) is 36.1 Å². The van der Waals surface area contributed by atoms with Crippen molar-refractivity contribution in [3.05, 3.63) is 75.2 Å². The molecule has 0 aliphatic heterocycles. The lowest BCUT2D eigenvalue weighted by molar-refractivity contribution is -0.143. The van der Waals surface area contributed by atoms with E-state index in [-0.39, 0.29) is 17.5 Å². The summed E-state index contributed by atoms with van der Waals surface area (Å²) in [5.74, 6) is -1.30. The molecule has 4 rings (SSSR count). The second-order valence-electron chi connectivity index (χ2n) is 7.55. The Morgan fingerprint density at radius 3 is 2.19 bits per heavy atom. The van der Waals surface area contributed by atoms with Crippen LogP contribution in [0.25, 0.3) is 11.1 Å². The molecule has 0 saturated heterocycles. The van der Waals surface area contributed by atoms with E-state index < -0.39 is 24.1 Å². The van der Waals surface area contributed by atoms with E-state index in [1.807, 2.05) is 36.4 Å². The fraction of sp³-hybridized carbons (Fsp3) is 0.261. The van der Waals surface area contributed by atoms with Gasteiger partial charge in [-0.3, -0.25) is 4.90 Å². The van der Waals surface area contributed by atoms with E-state index >= 15 is 0 Å². The number of aliphatic carboxylic acids is 1. The van der Waals surface area contributed by atoms with Gasteiger partial charge >= 0.3 is 12.1 Å². The van der Waals surface area contributed by atoms with Crippen LogP contribution in [0.2, 0.25) is 4.34 Å². The molecule has 0 radical (unpaired) electrons. The van der Waals surface area contributed by atoms with Gasteiger partial charge in [0.2, 0.25) is 0 Å². The fourth-order valence-corrected chi connectivity index (χ4v) is 5.04. The van der Waals surface area contributed by atoms with E-state index in [2.05, 4.69) is 17.1 Å². The second-order valence-corrected chi connectivity index (χ2v) is 9.24. The lowest BCUT2D eigenvalue weighted by atomic mass is 9.98. The zero-order chi connectivity index (χ0) is 22.1. The molecule has 0 bridgehead atoms. The summed E-state index contributed by atoms with van der Waals surface area (Å²) < 4.78 is 6.05. The molecular formula is C23H21ClN2O4S. The Labute approximate surface area is 189 Å². The van der Waals surface area contributed by atoms with E-state index in [9.17, 15) is 14.7 Å². The van der Waals surface area contributed by atoms with Crippen LogP contribution in [0.4, 0.5) is 4.79 Å². The Balaban J connectivity index is 1.59. The number of carbonyl (C=O) groups is 2. The van der Waals surface area contributed by atoms with Gasteiger partial charge in [-0.15, -0.1) is 11.3 Å². The number of amides is 1. The van der Waals surface area contributed by atoms with Gasteiger partial charge in [0.1, 0.15) is 16.0 Å². The topological polar surface area (TPSA) is 79.7 Å². The number of carboxylic acid groups (broad SMARTS) is 1. The van der Waals surface area contributed by atoms with Crippen LogP contribution in [0.3, 0.4) is 0 Å². The van der Waals surface area contributed by atoms with Gasteiger partial charge in [0.15, 0.2) is 6.04 Å². The Hall–Kier alpha value is -2.90. The van der Waals surface area contributed by atoms with Crippen molar-refractivity contribution >= 4 is 35.0 Å². The van der Waals surface area contributed by atoms with Crippen molar-refractivity contribution in [2.75, 3.05) is 6.61 Å². The molecular weight excluding hydrogens is 436 g/mol. The van der Waals surface area contributed by atoms with Crippen LogP contribution in [0.1, 0.15) is 41.9 Å². The number of hydrogen-bond acceptors (Lipinski definition) is 5. The number of hydrogen-bond donors (Lipinski definition) is 1. The molecule has 3 aromatic rings. The summed E-state index contributed by atoms with van der Waals surface area (Å²) in [5.41, 5.74) is 4.43. The van der Waals surface area contributed by atoms with Gasteiger partial charge in [-0.2, -0.15) is 0 Å². The SMILES string of the molecule is CC(C)N(C(=O)OCC1c2ccccc2-c2ccccc21)C(C(=O)O)c1ncc(Cl)s1. The van der Waals surface area contributed by atoms with E-state index in [1.54, 1.807) is 13.8 Å². The van der Waals surface area contributed by atoms with Gasteiger partial charge in [-0.1, -0.05) is 60.1 Å². The lowest BCUT2D eigenvalue weighted by Gasteiger charge is -2.31. The third-order valence-corrected chi connectivity index (χ3v) is 6.51. The molecule has 1 aliphatic carbocycles. The van der Waals surface area contributed by atoms with Crippen LogP contribution in [0.5, 0.6) is 0 Å². The summed E-state index contributed by atoms with van der Waals surface area (Å²) in [6.45, 7) is 3.60. The molecule has 0 saturated carbocycles. The number of halogens is 1. The zero-order valence-corrected chi connectivity index (χ0v) is 18.6. The number of rotatable bonds is 6. The van der Waals surface area contributed by atoms with E-state index in [1.165, 1.54) is 11.1 Å². The maximum absolute atomic E-state index is 13.1. The molecule has 1 atom stereocenters. The average Bonchev–Trinajstić information content (AvgIpc) is 3.31. The van der Waals surface area contributed by atoms with Gasteiger partial charge < -0.3 is 9.84 Å². The number of fused-ring (bicyclic) bond motifs is 3. The number of ether oxygens (including phenoxy) is 1. The van der Waals surface area contributed by atoms with Crippen molar-refractivity contribution < 1.29 is 19.4 Å². The summed E-state index contributed by atoms with van der Waals surface area (Å²) >= 11 is 6.98. The van der Waals surface area contributed by atoms with Crippen LogP contribution in [-0.4, -0.2) is 39.7 Å². The Morgan fingerprint density at radius 1 is 1.13 bits per heavy atom. The van der Waals surface area contributed by atoms with Crippen molar-refractivity contribution in [1.82, 2.24) is 9.88 Å². The molecule has 160 valence electrons. The molecule has 1 aliphatic rings. The first-order valence-corrected chi connectivity index (χ1v) is 11.0. The van der Waals surface area contributed by atoms with Gasteiger partial charge in [-0.25, -0.2) is 14.6 Å². The monoisotopic (exact) mass is 456 g/mol. The summed E-state index contributed by atoms with van der Waals surface area (Å²) in [7, 11) is 0. The molecule has 8 heteroatoms. The largest absolute Gasteiger partial charge is 0.479 e. The first-order valence-electron chi connectivity index (χ1n) is 9.85. The van der Waals surface area contributed by atoms with E-state index in [0.29, 0.717) is 4.34 Å². The van der Waals surface area contributed by atoms with Gasteiger partial charge in [0.25, 0.3) is 0 Å². The standard InChI is InChI=1S/C23H21ClN2O4S/c1-13(2)26(20(22(27)28)21-25-11-19(24)31-21)23(29)30-12-18-16-9-5-3-7-14(16)15-8-4-6-10-17(15)18/h3-11,13,18,20H,12H2,1-2H3,(H,27,28). The normalized spacial score (nSPS) is 13.5.